The fraction of sp³-hybridized carbons (Fsp3) is 0.292. The Labute approximate surface area is 181 Å². The van der Waals surface area contributed by atoms with Crippen LogP contribution in [0.5, 0.6) is 11.5 Å². The lowest BCUT2D eigenvalue weighted by molar-refractivity contribution is 0.395. The smallest absolute Gasteiger partial charge is 0.223 e. The van der Waals surface area contributed by atoms with Crippen molar-refractivity contribution < 1.29 is 9.47 Å². The zero-order valence-corrected chi connectivity index (χ0v) is 17.7. The van der Waals surface area contributed by atoms with E-state index in [2.05, 4.69) is 10.3 Å². The zero-order chi connectivity index (χ0) is 21.2. The molecule has 0 bridgehead atoms. The third-order valence-electron chi connectivity index (χ3n) is 5.80. The molecule has 1 aromatic carbocycles. The van der Waals surface area contributed by atoms with E-state index in [0.717, 1.165) is 33.8 Å². The highest BCUT2D eigenvalue weighted by Crippen LogP contribution is 2.40. The first-order chi connectivity index (χ1) is 15.3. The molecule has 31 heavy (non-hydrogen) atoms. The maximum Gasteiger partial charge on any atom is 0.223 e. The molecule has 1 fully saturated rings. The SMILES string of the molecule is COc1ccc(-c2nn3ccccc3c2-c2ccnc(NC3CCCC3)n2)c(OC)c1. The van der Waals surface area contributed by atoms with Crippen LogP contribution in [-0.2, 0) is 0 Å². The van der Waals surface area contributed by atoms with Gasteiger partial charge in [-0.05, 0) is 43.2 Å². The summed E-state index contributed by atoms with van der Waals surface area (Å²) in [5.74, 6) is 2.09. The van der Waals surface area contributed by atoms with Crippen LogP contribution in [0.3, 0.4) is 0 Å². The summed E-state index contributed by atoms with van der Waals surface area (Å²) in [6.07, 6.45) is 8.59. The number of hydrogen-bond donors (Lipinski definition) is 1. The van der Waals surface area contributed by atoms with E-state index in [9.17, 15) is 0 Å². The van der Waals surface area contributed by atoms with Crippen molar-refractivity contribution in [3.8, 4) is 34.0 Å². The molecule has 1 N–H and O–H groups in total. The second-order valence-electron chi connectivity index (χ2n) is 7.71. The highest BCUT2D eigenvalue weighted by atomic mass is 16.5. The summed E-state index contributed by atoms with van der Waals surface area (Å²) in [6, 6.07) is 14.2. The summed E-state index contributed by atoms with van der Waals surface area (Å²) in [7, 11) is 3.30. The van der Waals surface area contributed by atoms with Crippen LogP contribution in [0.4, 0.5) is 5.95 Å². The van der Waals surface area contributed by atoms with Crippen LogP contribution in [0, 0.1) is 0 Å². The Morgan fingerprint density at radius 3 is 2.71 bits per heavy atom. The second kappa shape index (κ2) is 8.26. The minimum Gasteiger partial charge on any atom is -0.497 e. The third-order valence-corrected chi connectivity index (χ3v) is 5.80. The molecule has 5 rings (SSSR count). The van der Waals surface area contributed by atoms with E-state index < -0.39 is 0 Å². The standard InChI is InChI=1S/C24H25N5O2/c1-30-17-10-11-18(21(15-17)31-2)23-22(20-9-5-6-14-29(20)28-23)19-12-13-25-24(27-19)26-16-7-3-4-8-16/h5-6,9-16H,3-4,7-8H2,1-2H3,(H,25,26,27). The van der Waals surface area contributed by atoms with Gasteiger partial charge in [0.1, 0.15) is 17.2 Å². The fourth-order valence-corrected chi connectivity index (χ4v) is 4.25. The lowest BCUT2D eigenvalue weighted by atomic mass is 10.0. The van der Waals surface area contributed by atoms with Gasteiger partial charge in [0.15, 0.2) is 0 Å². The molecule has 4 aromatic rings. The first kappa shape index (κ1) is 19.4. The number of hydrogen-bond acceptors (Lipinski definition) is 6. The highest BCUT2D eigenvalue weighted by molar-refractivity contribution is 5.92. The van der Waals surface area contributed by atoms with E-state index in [1.807, 2.05) is 53.2 Å². The molecule has 0 spiro atoms. The average molecular weight is 415 g/mol. The van der Waals surface area contributed by atoms with Gasteiger partial charge in [-0.15, -0.1) is 0 Å². The summed E-state index contributed by atoms with van der Waals surface area (Å²) in [4.78, 5) is 9.32. The maximum atomic E-state index is 5.67. The highest BCUT2D eigenvalue weighted by Gasteiger charge is 2.22. The molecule has 7 nitrogen and oxygen atoms in total. The van der Waals surface area contributed by atoms with Gasteiger partial charge in [0.25, 0.3) is 0 Å². The van der Waals surface area contributed by atoms with Crippen LogP contribution in [-0.4, -0.2) is 39.8 Å². The largest absolute Gasteiger partial charge is 0.497 e. The summed E-state index contributed by atoms with van der Waals surface area (Å²) in [6.45, 7) is 0. The Kier molecular flexibility index (Phi) is 5.16. The quantitative estimate of drug-likeness (QED) is 0.486. The number of pyridine rings is 1. The molecule has 1 aliphatic rings. The first-order valence-electron chi connectivity index (χ1n) is 10.6. The molecular weight excluding hydrogens is 390 g/mol. The molecule has 3 heterocycles. The third kappa shape index (κ3) is 3.67. The lowest BCUT2D eigenvalue weighted by Crippen LogP contribution is -2.16. The van der Waals surface area contributed by atoms with Crippen LogP contribution in [0.2, 0.25) is 0 Å². The molecule has 0 saturated heterocycles. The monoisotopic (exact) mass is 415 g/mol. The number of fused-ring (bicyclic) bond motifs is 1. The van der Waals surface area contributed by atoms with Gasteiger partial charge in [-0.2, -0.15) is 5.10 Å². The topological polar surface area (TPSA) is 73.6 Å². The van der Waals surface area contributed by atoms with Crippen molar-refractivity contribution in [2.45, 2.75) is 31.7 Å². The van der Waals surface area contributed by atoms with Crippen LogP contribution < -0.4 is 14.8 Å². The van der Waals surface area contributed by atoms with E-state index >= 15 is 0 Å². The van der Waals surface area contributed by atoms with Crippen molar-refractivity contribution in [2.24, 2.45) is 0 Å². The van der Waals surface area contributed by atoms with Gasteiger partial charge in [-0.1, -0.05) is 18.9 Å². The van der Waals surface area contributed by atoms with Crippen LogP contribution in [0.25, 0.3) is 28.0 Å². The summed E-state index contributed by atoms with van der Waals surface area (Å²) in [5.41, 5.74) is 4.42. The van der Waals surface area contributed by atoms with E-state index in [1.165, 1.54) is 25.7 Å². The summed E-state index contributed by atoms with van der Waals surface area (Å²) in [5, 5.41) is 8.37. The molecule has 0 atom stereocenters. The Morgan fingerprint density at radius 1 is 1.03 bits per heavy atom. The van der Waals surface area contributed by atoms with Gasteiger partial charge in [0, 0.05) is 30.1 Å². The minimum atomic E-state index is 0.445. The Morgan fingerprint density at radius 2 is 1.90 bits per heavy atom. The summed E-state index contributed by atoms with van der Waals surface area (Å²) < 4.78 is 12.9. The van der Waals surface area contributed by atoms with Crippen molar-refractivity contribution in [3.63, 3.8) is 0 Å². The van der Waals surface area contributed by atoms with E-state index in [4.69, 9.17) is 19.6 Å². The van der Waals surface area contributed by atoms with Gasteiger partial charge < -0.3 is 14.8 Å². The Balaban J connectivity index is 1.66. The van der Waals surface area contributed by atoms with E-state index in [1.54, 1.807) is 20.4 Å². The van der Waals surface area contributed by atoms with Crippen LogP contribution in [0.1, 0.15) is 25.7 Å². The molecule has 0 amide bonds. The molecule has 0 unspecified atom stereocenters. The molecule has 3 aromatic heterocycles. The number of anilines is 1. The molecule has 7 heteroatoms. The zero-order valence-electron chi connectivity index (χ0n) is 17.7. The molecule has 1 saturated carbocycles. The molecule has 1 aliphatic carbocycles. The number of nitrogens with one attached hydrogen (secondary N) is 1. The maximum absolute atomic E-state index is 5.67. The van der Waals surface area contributed by atoms with Gasteiger partial charge in [0.05, 0.1) is 31.0 Å². The predicted octanol–water partition coefficient (Wildman–Crippen LogP) is 4.83. The lowest BCUT2D eigenvalue weighted by Gasteiger charge is -2.13. The molecular formula is C24H25N5O2. The van der Waals surface area contributed by atoms with Gasteiger partial charge in [-0.3, -0.25) is 0 Å². The number of methoxy groups -OCH3 is 2. The van der Waals surface area contributed by atoms with Gasteiger partial charge in [0.2, 0.25) is 5.95 Å². The Hall–Kier alpha value is -3.61. The van der Waals surface area contributed by atoms with Crippen LogP contribution >= 0.6 is 0 Å². The van der Waals surface area contributed by atoms with E-state index in [-0.39, 0.29) is 0 Å². The predicted molar refractivity (Wildman–Crippen MR) is 121 cm³/mol. The summed E-state index contributed by atoms with van der Waals surface area (Å²) >= 11 is 0. The van der Waals surface area contributed by atoms with Crippen molar-refractivity contribution in [3.05, 3.63) is 54.9 Å². The van der Waals surface area contributed by atoms with Crippen LogP contribution in [0.15, 0.2) is 54.9 Å². The number of benzene rings is 1. The van der Waals surface area contributed by atoms with Gasteiger partial charge >= 0.3 is 0 Å². The molecule has 158 valence electrons. The normalized spacial score (nSPS) is 14.1. The number of rotatable bonds is 6. The molecule has 0 aliphatic heterocycles. The first-order valence-corrected chi connectivity index (χ1v) is 10.6. The van der Waals surface area contributed by atoms with Crippen molar-refractivity contribution in [1.29, 1.82) is 0 Å². The van der Waals surface area contributed by atoms with Crippen molar-refractivity contribution >= 4 is 11.5 Å². The second-order valence-corrected chi connectivity index (χ2v) is 7.71. The van der Waals surface area contributed by atoms with Crippen molar-refractivity contribution in [1.82, 2.24) is 19.6 Å². The number of aromatic nitrogens is 4. The van der Waals surface area contributed by atoms with Gasteiger partial charge in [-0.25, -0.2) is 14.5 Å². The minimum absolute atomic E-state index is 0.445. The van der Waals surface area contributed by atoms with Crippen molar-refractivity contribution in [2.75, 3.05) is 19.5 Å². The average Bonchev–Trinajstić information content (AvgIpc) is 3.46. The fourth-order valence-electron chi connectivity index (χ4n) is 4.25. The molecule has 0 radical (unpaired) electrons. The Bertz CT molecular complexity index is 1210. The van der Waals surface area contributed by atoms with E-state index in [0.29, 0.717) is 17.7 Å². The number of ether oxygens (including phenoxy) is 2. The number of nitrogens with zero attached hydrogens (tertiary/aromatic N) is 4.